The second-order valence-corrected chi connectivity index (χ2v) is 5.21. The topological polar surface area (TPSA) is 33.0 Å². The summed E-state index contributed by atoms with van der Waals surface area (Å²) in [5.41, 5.74) is 11.1. The highest BCUT2D eigenvalue weighted by molar-refractivity contribution is 5.52. The van der Waals surface area contributed by atoms with E-state index in [0.717, 1.165) is 22.4 Å². The van der Waals surface area contributed by atoms with Crippen LogP contribution in [0.15, 0.2) is 84.9 Å². The van der Waals surface area contributed by atoms with Crippen LogP contribution in [0.25, 0.3) is 5.73 Å². The van der Waals surface area contributed by atoms with Gasteiger partial charge in [0.15, 0.2) is 0 Å². The Labute approximate surface area is 131 Å². The van der Waals surface area contributed by atoms with E-state index >= 15 is 0 Å². The Morgan fingerprint density at radius 1 is 0.636 bits per heavy atom. The Bertz CT molecular complexity index is 681. The van der Waals surface area contributed by atoms with Crippen LogP contribution in [-0.4, -0.2) is 7.11 Å². The van der Waals surface area contributed by atoms with Gasteiger partial charge in [-0.2, -0.15) is 0 Å². The van der Waals surface area contributed by atoms with Crippen molar-refractivity contribution in [3.05, 3.63) is 107 Å². The lowest BCUT2D eigenvalue weighted by Gasteiger charge is -2.41. The number of rotatable bonds is 4. The Morgan fingerprint density at radius 3 is 1.45 bits per heavy atom. The fraction of sp³-hybridized carbons (Fsp3) is 0.100. The summed E-state index contributed by atoms with van der Waals surface area (Å²) in [5, 5.41) is 0. The predicted molar refractivity (Wildman–Crippen MR) is 90.1 cm³/mol. The maximum atomic E-state index is 9.23. The molecule has 0 atom stereocenters. The van der Waals surface area contributed by atoms with Crippen molar-refractivity contribution in [1.82, 2.24) is 0 Å². The second kappa shape index (κ2) is 6.04. The molecule has 0 saturated heterocycles. The first-order valence-electron chi connectivity index (χ1n) is 7.26. The Morgan fingerprint density at radius 2 is 1.05 bits per heavy atom. The highest BCUT2D eigenvalue weighted by Crippen LogP contribution is 2.39. The highest BCUT2D eigenvalue weighted by Gasteiger charge is 2.23. The van der Waals surface area contributed by atoms with Gasteiger partial charge in [0, 0.05) is 0 Å². The third kappa shape index (κ3) is 2.49. The lowest BCUT2D eigenvalue weighted by atomic mass is 9.78. The number of methoxy groups -OCH3 is 1. The third-order valence-electron chi connectivity index (χ3n) is 3.94. The fourth-order valence-electron chi connectivity index (χ4n) is 2.72. The number of benzene rings is 3. The zero-order valence-electron chi connectivity index (χ0n) is 12.5. The van der Waals surface area contributed by atoms with Crippen LogP contribution in [0.2, 0.25) is 0 Å². The van der Waals surface area contributed by atoms with E-state index in [-0.39, 0.29) is 0 Å². The summed E-state index contributed by atoms with van der Waals surface area (Å²) < 4.78 is 5.23. The van der Waals surface area contributed by atoms with E-state index in [1.54, 1.807) is 7.11 Å². The van der Waals surface area contributed by atoms with Gasteiger partial charge in [0.05, 0.1) is 7.11 Å². The van der Waals surface area contributed by atoms with E-state index in [0.29, 0.717) is 0 Å². The van der Waals surface area contributed by atoms with Gasteiger partial charge in [-0.15, -0.1) is 0 Å². The van der Waals surface area contributed by atoms with E-state index in [1.807, 2.05) is 84.9 Å². The van der Waals surface area contributed by atoms with Crippen molar-refractivity contribution in [2.45, 2.75) is 5.54 Å². The normalized spacial score (nSPS) is 11.2. The van der Waals surface area contributed by atoms with Crippen molar-refractivity contribution in [3.8, 4) is 5.75 Å². The van der Waals surface area contributed by atoms with Gasteiger partial charge < -0.3 is 10.5 Å². The summed E-state index contributed by atoms with van der Waals surface area (Å²) in [6, 6.07) is 27.6. The van der Waals surface area contributed by atoms with Crippen molar-refractivity contribution in [2.24, 2.45) is 0 Å². The maximum absolute atomic E-state index is 9.23. The molecule has 0 heterocycles. The van der Waals surface area contributed by atoms with E-state index in [4.69, 9.17) is 4.74 Å². The largest absolute Gasteiger partial charge is 0.660 e. The monoisotopic (exact) mass is 288 g/mol. The van der Waals surface area contributed by atoms with Crippen LogP contribution in [0.5, 0.6) is 5.75 Å². The van der Waals surface area contributed by atoms with Crippen LogP contribution in [0.4, 0.5) is 0 Å². The number of nitrogens with one attached hydrogen (secondary N) is 1. The van der Waals surface area contributed by atoms with Gasteiger partial charge in [0.1, 0.15) is 5.75 Å². The van der Waals surface area contributed by atoms with Crippen molar-refractivity contribution < 1.29 is 4.74 Å². The minimum absolute atomic E-state index is 0.798. The van der Waals surface area contributed by atoms with E-state index in [1.165, 1.54) is 0 Å². The molecule has 22 heavy (non-hydrogen) atoms. The van der Waals surface area contributed by atoms with E-state index in [2.05, 4.69) is 0 Å². The summed E-state index contributed by atoms with van der Waals surface area (Å²) in [7, 11) is 1.65. The molecule has 0 aliphatic heterocycles. The molecule has 1 N–H and O–H groups in total. The fourth-order valence-corrected chi connectivity index (χ4v) is 2.72. The molecule has 0 radical (unpaired) electrons. The first-order chi connectivity index (χ1) is 10.7. The molecule has 0 aliphatic rings. The maximum Gasteiger partial charge on any atom is 0.118 e. The Balaban J connectivity index is 2.18. The van der Waals surface area contributed by atoms with Crippen LogP contribution < -0.4 is 4.74 Å². The molecule has 0 bridgehead atoms. The molecule has 0 amide bonds. The molecule has 0 fully saturated rings. The minimum Gasteiger partial charge on any atom is -0.660 e. The van der Waals surface area contributed by atoms with Gasteiger partial charge >= 0.3 is 0 Å². The summed E-state index contributed by atoms with van der Waals surface area (Å²) in [6.07, 6.45) is 0. The van der Waals surface area contributed by atoms with Crippen molar-refractivity contribution in [1.29, 1.82) is 0 Å². The summed E-state index contributed by atoms with van der Waals surface area (Å²) in [5.74, 6) is 0.798. The van der Waals surface area contributed by atoms with Crippen molar-refractivity contribution >= 4 is 0 Å². The lowest BCUT2D eigenvalue weighted by Crippen LogP contribution is -2.24. The van der Waals surface area contributed by atoms with Gasteiger partial charge in [-0.3, -0.25) is 0 Å². The molecule has 0 aliphatic carbocycles. The van der Waals surface area contributed by atoms with Crippen LogP contribution in [0, 0.1) is 0 Å². The van der Waals surface area contributed by atoms with E-state index in [9.17, 15) is 5.73 Å². The summed E-state index contributed by atoms with van der Waals surface area (Å²) in [6.45, 7) is 0. The number of hydrogen-bond acceptors (Lipinski definition) is 1. The molecule has 110 valence electrons. The molecule has 3 aromatic carbocycles. The average Bonchev–Trinajstić information content (AvgIpc) is 2.62. The van der Waals surface area contributed by atoms with Gasteiger partial charge in [-0.25, -0.2) is 0 Å². The Kier molecular flexibility index (Phi) is 3.94. The third-order valence-corrected chi connectivity index (χ3v) is 3.94. The zero-order valence-corrected chi connectivity index (χ0v) is 12.5. The molecule has 2 heteroatoms. The highest BCUT2D eigenvalue weighted by atomic mass is 16.5. The van der Waals surface area contributed by atoms with E-state index < -0.39 is 5.54 Å². The smallest absolute Gasteiger partial charge is 0.118 e. The predicted octanol–water partition coefficient (Wildman–Crippen LogP) is 5.04. The summed E-state index contributed by atoms with van der Waals surface area (Å²) >= 11 is 0. The molecule has 3 rings (SSSR count). The zero-order chi connectivity index (χ0) is 15.4. The van der Waals surface area contributed by atoms with Gasteiger partial charge in [-0.05, 0) is 17.7 Å². The molecule has 0 saturated carbocycles. The standard InChI is InChI=1S/C20H18NO/c1-22-19-14-12-18(13-15-19)20(21,16-8-4-2-5-9-16)17-10-6-3-7-11-17/h2-15,21H,1H3/q-1. The molecule has 0 aromatic heterocycles. The van der Waals surface area contributed by atoms with Crippen molar-refractivity contribution in [2.75, 3.05) is 7.11 Å². The first-order valence-corrected chi connectivity index (χ1v) is 7.26. The quantitative estimate of drug-likeness (QED) is 0.619. The molecular weight excluding hydrogens is 270 g/mol. The number of hydrogen-bond donors (Lipinski definition) is 0. The Hall–Kier alpha value is -2.58. The molecule has 3 aromatic rings. The van der Waals surface area contributed by atoms with Crippen LogP contribution in [0.3, 0.4) is 0 Å². The SMILES string of the molecule is COc1ccc(C([NH-])(c2ccccc2)c2ccccc2)cc1. The molecule has 0 spiro atoms. The van der Waals surface area contributed by atoms with Crippen LogP contribution >= 0.6 is 0 Å². The average molecular weight is 288 g/mol. The lowest BCUT2D eigenvalue weighted by molar-refractivity contribution is 0.414. The molecular formula is C20H18NO-. The van der Waals surface area contributed by atoms with Crippen LogP contribution in [-0.2, 0) is 5.54 Å². The van der Waals surface area contributed by atoms with Gasteiger partial charge in [-0.1, -0.05) is 89.5 Å². The number of ether oxygens (including phenoxy) is 1. The molecule has 0 unspecified atom stereocenters. The van der Waals surface area contributed by atoms with Crippen molar-refractivity contribution in [3.63, 3.8) is 0 Å². The molecule has 2 nitrogen and oxygen atoms in total. The minimum atomic E-state index is -0.936. The van der Waals surface area contributed by atoms with Gasteiger partial charge in [0.25, 0.3) is 0 Å². The summed E-state index contributed by atoms with van der Waals surface area (Å²) in [4.78, 5) is 0. The second-order valence-electron chi connectivity index (χ2n) is 5.21. The van der Waals surface area contributed by atoms with Gasteiger partial charge in [0.2, 0.25) is 0 Å². The van der Waals surface area contributed by atoms with Crippen LogP contribution in [0.1, 0.15) is 16.7 Å². The first kappa shape index (κ1) is 14.4.